The second kappa shape index (κ2) is 5.68. The quantitative estimate of drug-likeness (QED) is 0.706. The van der Waals surface area contributed by atoms with Crippen LogP contribution in [0.5, 0.6) is 0 Å². The molecule has 0 saturated carbocycles. The van der Waals surface area contributed by atoms with Gasteiger partial charge in [0, 0.05) is 6.54 Å². The topological polar surface area (TPSA) is 101 Å². The van der Waals surface area contributed by atoms with Gasteiger partial charge in [-0.05, 0) is 38.6 Å². The van der Waals surface area contributed by atoms with Crippen LogP contribution in [0, 0.1) is 0 Å². The molecule has 1 aromatic rings. The lowest BCUT2D eigenvalue weighted by Gasteiger charge is -2.17. The standard InChI is InChI=1S/C12H19N3O3S/c1-12(2,13)11(16)15-8-9-5-4-6-10(7-9)19(17,18)14-3/h4-7,14H,8,13H2,1-3H3,(H,15,16). The van der Waals surface area contributed by atoms with Crippen molar-refractivity contribution in [2.45, 2.75) is 30.8 Å². The largest absolute Gasteiger partial charge is 0.350 e. The molecule has 0 spiro atoms. The first-order valence-electron chi connectivity index (χ1n) is 5.76. The van der Waals surface area contributed by atoms with Crippen molar-refractivity contribution in [3.63, 3.8) is 0 Å². The van der Waals surface area contributed by atoms with Crippen LogP contribution in [-0.4, -0.2) is 26.9 Å². The number of nitrogens with one attached hydrogen (secondary N) is 2. The van der Waals surface area contributed by atoms with Gasteiger partial charge in [-0.25, -0.2) is 13.1 Å². The van der Waals surface area contributed by atoms with E-state index in [0.717, 1.165) is 0 Å². The molecule has 1 amide bonds. The van der Waals surface area contributed by atoms with Crippen molar-refractivity contribution in [2.75, 3.05) is 7.05 Å². The molecule has 1 rings (SSSR count). The van der Waals surface area contributed by atoms with Crippen LogP contribution in [0.3, 0.4) is 0 Å². The summed E-state index contributed by atoms with van der Waals surface area (Å²) in [6, 6.07) is 6.36. The summed E-state index contributed by atoms with van der Waals surface area (Å²) in [7, 11) is -2.13. The minimum atomic E-state index is -3.48. The highest BCUT2D eigenvalue weighted by atomic mass is 32.2. The monoisotopic (exact) mass is 285 g/mol. The summed E-state index contributed by atoms with van der Waals surface area (Å²) in [6.07, 6.45) is 0. The van der Waals surface area contributed by atoms with E-state index in [0.29, 0.717) is 5.56 Å². The number of amides is 1. The second-order valence-electron chi connectivity index (χ2n) is 4.76. The van der Waals surface area contributed by atoms with Crippen molar-refractivity contribution >= 4 is 15.9 Å². The molecule has 6 nitrogen and oxygen atoms in total. The van der Waals surface area contributed by atoms with E-state index in [1.165, 1.54) is 19.2 Å². The Balaban J connectivity index is 2.82. The molecule has 0 aliphatic carbocycles. The summed E-state index contributed by atoms with van der Waals surface area (Å²) < 4.78 is 25.5. The molecule has 7 heteroatoms. The van der Waals surface area contributed by atoms with E-state index < -0.39 is 15.6 Å². The van der Waals surface area contributed by atoms with Gasteiger partial charge >= 0.3 is 0 Å². The maximum Gasteiger partial charge on any atom is 0.240 e. The Morgan fingerprint density at radius 2 is 2.00 bits per heavy atom. The maximum atomic E-state index is 11.6. The Kier molecular flexibility index (Phi) is 4.67. The van der Waals surface area contributed by atoms with Gasteiger partial charge < -0.3 is 11.1 Å². The lowest BCUT2D eigenvalue weighted by Crippen LogP contribution is -2.48. The Hall–Kier alpha value is -1.44. The molecule has 0 unspecified atom stereocenters. The highest BCUT2D eigenvalue weighted by molar-refractivity contribution is 7.89. The summed E-state index contributed by atoms with van der Waals surface area (Å²) in [4.78, 5) is 11.8. The maximum absolute atomic E-state index is 11.6. The highest BCUT2D eigenvalue weighted by Crippen LogP contribution is 2.11. The van der Waals surface area contributed by atoms with E-state index in [2.05, 4.69) is 10.0 Å². The van der Waals surface area contributed by atoms with Gasteiger partial charge in [0.25, 0.3) is 0 Å². The molecule has 19 heavy (non-hydrogen) atoms. The second-order valence-corrected chi connectivity index (χ2v) is 6.65. The number of hydrogen-bond acceptors (Lipinski definition) is 4. The Morgan fingerprint density at radius 3 is 2.53 bits per heavy atom. The highest BCUT2D eigenvalue weighted by Gasteiger charge is 2.21. The number of nitrogens with two attached hydrogens (primary N) is 1. The van der Waals surface area contributed by atoms with Crippen molar-refractivity contribution in [1.29, 1.82) is 0 Å². The van der Waals surface area contributed by atoms with Crippen LogP contribution in [0.1, 0.15) is 19.4 Å². The van der Waals surface area contributed by atoms with Crippen molar-refractivity contribution in [1.82, 2.24) is 10.0 Å². The van der Waals surface area contributed by atoms with Gasteiger partial charge in [-0.15, -0.1) is 0 Å². The summed E-state index contributed by atoms with van der Waals surface area (Å²) in [5.41, 5.74) is 5.37. The molecule has 0 aliphatic rings. The van der Waals surface area contributed by atoms with Gasteiger partial charge in [-0.1, -0.05) is 12.1 Å². The number of carbonyl (C=O) groups is 1. The molecular weight excluding hydrogens is 266 g/mol. The average molecular weight is 285 g/mol. The van der Waals surface area contributed by atoms with Gasteiger partial charge in [0.05, 0.1) is 10.4 Å². The van der Waals surface area contributed by atoms with Crippen molar-refractivity contribution in [3.8, 4) is 0 Å². The molecule has 0 radical (unpaired) electrons. The summed E-state index contributed by atoms with van der Waals surface area (Å²) in [6.45, 7) is 3.43. The SMILES string of the molecule is CNS(=O)(=O)c1cccc(CNC(=O)C(C)(C)N)c1. The smallest absolute Gasteiger partial charge is 0.240 e. The van der Waals surface area contributed by atoms with Crippen molar-refractivity contribution in [2.24, 2.45) is 5.73 Å². The van der Waals surface area contributed by atoms with E-state index in [9.17, 15) is 13.2 Å². The minimum Gasteiger partial charge on any atom is -0.350 e. The first-order valence-corrected chi connectivity index (χ1v) is 7.25. The number of benzene rings is 1. The first-order chi connectivity index (χ1) is 8.66. The van der Waals surface area contributed by atoms with E-state index >= 15 is 0 Å². The van der Waals surface area contributed by atoms with E-state index in [1.807, 2.05) is 0 Å². The molecule has 0 bridgehead atoms. The van der Waals surface area contributed by atoms with Crippen molar-refractivity contribution in [3.05, 3.63) is 29.8 Å². The zero-order valence-electron chi connectivity index (χ0n) is 11.2. The molecule has 0 aromatic heterocycles. The summed E-state index contributed by atoms with van der Waals surface area (Å²) in [5.74, 6) is -0.297. The lowest BCUT2D eigenvalue weighted by atomic mass is 10.1. The molecule has 0 atom stereocenters. The van der Waals surface area contributed by atoms with Crippen molar-refractivity contribution < 1.29 is 13.2 Å². The van der Waals surface area contributed by atoms with E-state index in [-0.39, 0.29) is 17.3 Å². The van der Waals surface area contributed by atoms with Crippen LogP contribution in [0.15, 0.2) is 29.2 Å². The summed E-state index contributed by atoms with van der Waals surface area (Å²) in [5, 5.41) is 2.66. The zero-order chi connectivity index (χ0) is 14.7. The van der Waals surface area contributed by atoms with Gasteiger partial charge in [-0.2, -0.15) is 0 Å². The van der Waals surface area contributed by atoms with Crippen LogP contribution in [0.4, 0.5) is 0 Å². The fourth-order valence-corrected chi connectivity index (χ4v) is 2.15. The van der Waals surface area contributed by atoms with Gasteiger partial charge in [0.1, 0.15) is 0 Å². The molecule has 0 aliphatic heterocycles. The van der Waals surface area contributed by atoms with Crippen LogP contribution < -0.4 is 15.8 Å². The average Bonchev–Trinajstić information content (AvgIpc) is 2.35. The third kappa shape index (κ3) is 4.30. The zero-order valence-corrected chi connectivity index (χ0v) is 12.0. The van der Waals surface area contributed by atoms with Gasteiger partial charge in [0.15, 0.2) is 0 Å². The first kappa shape index (κ1) is 15.6. The van der Waals surface area contributed by atoms with Crippen LogP contribution in [0.2, 0.25) is 0 Å². The van der Waals surface area contributed by atoms with Crippen LogP contribution in [-0.2, 0) is 21.4 Å². The van der Waals surface area contributed by atoms with E-state index in [1.54, 1.807) is 26.0 Å². The Labute approximate surface area is 113 Å². The number of rotatable bonds is 5. The molecule has 106 valence electrons. The molecule has 4 N–H and O–H groups in total. The fraction of sp³-hybridized carbons (Fsp3) is 0.417. The van der Waals surface area contributed by atoms with Gasteiger partial charge in [-0.3, -0.25) is 4.79 Å². The molecule has 0 fully saturated rings. The predicted octanol–water partition coefficient (Wildman–Crippen LogP) is -0.0518. The minimum absolute atomic E-state index is 0.161. The van der Waals surface area contributed by atoms with Crippen LogP contribution in [0.25, 0.3) is 0 Å². The fourth-order valence-electron chi connectivity index (χ4n) is 1.35. The Bertz CT molecular complexity index is 562. The number of carbonyl (C=O) groups excluding carboxylic acids is 1. The third-order valence-electron chi connectivity index (χ3n) is 2.52. The normalized spacial score (nSPS) is 12.2. The molecule has 0 saturated heterocycles. The third-order valence-corrected chi connectivity index (χ3v) is 3.93. The lowest BCUT2D eigenvalue weighted by molar-refractivity contribution is -0.125. The number of hydrogen-bond donors (Lipinski definition) is 3. The Morgan fingerprint density at radius 1 is 1.37 bits per heavy atom. The molecule has 0 heterocycles. The van der Waals surface area contributed by atoms with E-state index in [4.69, 9.17) is 5.73 Å². The number of sulfonamides is 1. The van der Waals surface area contributed by atoms with Gasteiger partial charge in [0.2, 0.25) is 15.9 Å². The molecule has 1 aromatic carbocycles. The molecular formula is C12H19N3O3S. The summed E-state index contributed by atoms with van der Waals surface area (Å²) >= 11 is 0. The van der Waals surface area contributed by atoms with Crippen LogP contribution >= 0.6 is 0 Å². The predicted molar refractivity (Wildman–Crippen MR) is 72.8 cm³/mol.